The van der Waals surface area contributed by atoms with Crippen molar-refractivity contribution in [1.29, 1.82) is 0 Å². The fraction of sp³-hybridized carbons (Fsp3) is 0.278. The number of nitrogens with zero attached hydrogens (tertiary/aromatic N) is 1. The topological polar surface area (TPSA) is 123 Å². The van der Waals surface area contributed by atoms with E-state index >= 15 is 0 Å². The van der Waals surface area contributed by atoms with Crippen LogP contribution in [0.15, 0.2) is 30.3 Å². The van der Waals surface area contributed by atoms with E-state index < -0.39 is 23.7 Å². The summed E-state index contributed by atoms with van der Waals surface area (Å²) < 4.78 is 14.4. The number of benzene rings is 1. The van der Waals surface area contributed by atoms with Crippen molar-refractivity contribution in [2.24, 2.45) is 17.4 Å². The summed E-state index contributed by atoms with van der Waals surface area (Å²) in [6, 6.07) is 6.76. The molecule has 1 aromatic heterocycles. The van der Waals surface area contributed by atoms with Crippen LogP contribution in [-0.4, -0.2) is 22.8 Å². The number of nitrogens with two attached hydrogens (primary N) is 2. The second-order valence-corrected chi connectivity index (χ2v) is 6.88. The Labute approximate surface area is 161 Å². The first-order chi connectivity index (χ1) is 12.7. The molecule has 0 bridgehead atoms. The molecule has 9 heteroatoms. The van der Waals surface area contributed by atoms with Gasteiger partial charge in [-0.25, -0.2) is 9.37 Å². The number of hydrogen-bond acceptors (Lipinski definition) is 5. The number of anilines is 3. The van der Waals surface area contributed by atoms with Crippen LogP contribution >= 0.6 is 11.6 Å². The van der Waals surface area contributed by atoms with Crippen molar-refractivity contribution in [2.45, 2.75) is 26.3 Å². The van der Waals surface area contributed by atoms with Gasteiger partial charge in [-0.3, -0.25) is 9.59 Å². The fourth-order valence-corrected chi connectivity index (χ4v) is 2.55. The van der Waals surface area contributed by atoms with E-state index in [1.807, 2.05) is 13.8 Å². The van der Waals surface area contributed by atoms with Crippen molar-refractivity contribution >= 4 is 40.7 Å². The summed E-state index contributed by atoms with van der Waals surface area (Å²) in [6.45, 7) is 3.82. The van der Waals surface area contributed by atoms with E-state index in [1.54, 1.807) is 24.3 Å². The lowest BCUT2D eigenvalue weighted by Gasteiger charge is -2.19. The first-order valence-electron chi connectivity index (χ1n) is 8.26. The second-order valence-electron chi connectivity index (χ2n) is 6.44. The Morgan fingerprint density at radius 2 is 1.81 bits per heavy atom. The maximum absolute atomic E-state index is 14.4. The van der Waals surface area contributed by atoms with Gasteiger partial charge in [0.05, 0.1) is 5.56 Å². The Morgan fingerprint density at radius 3 is 2.33 bits per heavy atom. The van der Waals surface area contributed by atoms with Crippen molar-refractivity contribution < 1.29 is 14.0 Å². The molecule has 0 aliphatic carbocycles. The molecule has 0 aliphatic rings. The van der Waals surface area contributed by atoms with Crippen LogP contribution in [0.5, 0.6) is 0 Å². The highest BCUT2D eigenvalue weighted by Crippen LogP contribution is 2.25. The number of rotatable bonds is 8. The number of carbonyl (C=O) groups excluding carboxylic acids is 2. The van der Waals surface area contributed by atoms with Gasteiger partial charge in [-0.2, -0.15) is 0 Å². The third-order valence-corrected chi connectivity index (χ3v) is 3.96. The van der Waals surface area contributed by atoms with Gasteiger partial charge >= 0.3 is 0 Å². The summed E-state index contributed by atoms with van der Waals surface area (Å²) in [5.41, 5.74) is 11.1. The highest BCUT2D eigenvalue weighted by molar-refractivity contribution is 6.30. The van der Waals surface area contributed by atoms with Crippen LogP contribution in [0.3, 0.4) is 0 Å². The molecule has 0 spiro atoms. The van der Waals surface area contributed by atoms with Crippen molar-refractivity contribution in [2.75, 3.05) is 10.6 Å². The highest BCUT2D eigenvalue weighted by Gasteiger charge is 2.22. The van der Waals surface area contributed by atoms with Crippen LogP contribution in [0.25, 0.3) is 0 Å². The largest absolute Gasteiger partial charge is 0.368 e. The first kappa shape index (κ1) is 20.4. The molecule has 0 aliphatic heterocycles. The van der Waals surface area contributed by atoms with Gasteiger partial charge in [-0.15, -0.1) is 0 Å². The second kappa shape index (κ2) is 8.68. The van der Waals surface area contributed by atoms with Crippen molar-refractivity contribution in [3.05, 3.63) is 46.7 Å². The number of aromatic nitrogens is 1. The Morgan fingerprint density at radius 1 is 1.19 bits per heavy atom. The average molecular weight is 394 g/mol. The lowest BCUT2D eigenvalue weighted by atomic mass is 10.0. The molecule has 1 atom stereocenters. The zero-order valence-electron chi connectivity index (χ0n) is 14.9. The lowest BCUT2D eigenvalue weighted by Crippen LogP contribution is -2.37. The SMILES string of the molecule is CC(C)C[C@@H](Nc1nc(Nc2ccc(Cl)cc2)c(C(N)=O)cc1F)C(N)=O. The zero-order chi connectivity index (χ0) is 20.1. The van der Waals surface area contributed by atoms with Crippen molar-refractivity contribution in [1.82, 2.24) is 4.98 Å². The molecule has 2 amide bonds. The maximum Gasteiger partial charge on any atom is 0.252 e. The van der Waals surface area contributed by atoms with Gasteiger partial charge in [0.2, 0.25) is 5.91 Å². The summed E-state index contributed by atoms with van der Waals surface area (Å²) in [4.78, 5) is 27.4. The smallest absolute Gasteiger partial charge is 0.252 e. The Balaban J connectivity index is 2.39. The molecule has 6 N–H and O–H groups in total. The number of pyridine rings is 1. The first-order valence-corrected chi connectivity index (χ1v) is 8.64. The molecule has 27 heavy (non-hydrogen) atoms. The maximum atomic E-state index is 14.4. The van der Waals surface area contributed by atoms with Gasteiger partial charge in [0.1, 0.15) is 11.9 Å². The average Bonchev–Trinajstić information content (AvgIpc) is 2.58. The van der Waals surface area contributed by atoms with E-state index in [-0.39, 0.29) is 23.1 Å². The molecule has 0 radical (unpaired) electrons. The van der Waals surface area contributed by atoms with Gasteiger partial charge in [0.15, 0.2) is 11.6 Å². The quantitative estimate of drug-likeness (QED) is 0.549. The standard InChI is InChI=1S/C18H21ClFN5O2/c1-9(2)7-14(16(22)27)24-18-13(20)8-12(15(21)26)17(25-18)23-11-5-3-10(19)4-6-11/h3-6,8-9,14H,7H2,1-2H3,(H2,21,26)(H2,22,27)(H2,23,24,25)/t14-/m1/s1. The van der Waals surface area contributed by atoms with E-state index in [0.29, 0.717) is 17.1 Å². The molecular weight excluding hydrogens is 373 g/mol. The number of halogens is 2. The molecule has 0 saturated heterocycles. The molecule has 0 saturated carbocycles. The Kier molecular flexibility index (Phi) is 6.57. The third kappa shape index (κ3) is 5.55. The summed E-state index contributed by atoms with van der Waals surface area (Å²) in [5.74, 6) is -2.31. The minimum absolute atomic E-state index is 0.0430. The van der Waals surface area contributed by atoms with E-state index in [2.05, 4.69) is 15.6 Å². The molecule has 2 aromatic rings. The van der Waals surface area contributed by atoms with Crippen molar-refractivity contribution in [3.63, 3.8) is 0 Å². The predicted octanol–water partition coefficient (Wildman–Crippen LogP) is 3.03. The third-order valence-electron chi connectivity index (χ3n) is 3.71. The number of amides is 2. The van der Waals surface area contributed by atoms with E-state index in [9.17, 15) is 14.0 Å². The van der Waals surface area contributed by atoms with Crippen LogP contribution in [-0.2, 0) is 4.79 Å². The normalized spacial score (nSPS) is 11.9. The molecule has 144 valence electrons. The summed E-state index contributed by atoms with van der Waals surface area (Å²) in [5, 5.41) is 6.13. The van der Waals surface area contributed by atoms with Gasteiger partial charge in [0.25, 0.3) is 5.91 Å². The van der Waals surface area contributed by atoms with E-state index in [4.69, 9.17) is 23.1 Å². The van der Waals surface area contributed by atoms with Gasteiger partial charge in [-0.05, 0) is 42.7 Å². The molecule has 1 aromatic carbocycles. The predicted molar refractivity (Wildman–Crippen MR) is 104 cm³/mol. The zero-order valence-corrected chi connectivity index (χ0v) is 15.7. The van der Waals surface area contributed by atoms with E-state index in [1.165, 1.54) is 0 Å². The number of hydrogen-bond donors (Lipinski definition) is 4. The van der Waals surface area contributed by atoms with Crippen molar-refractivity contribution in [3.8, 4) is 0 Å². The molecule has 2 rings (SSSR count). The van der Waals surface area contributed by atoms with Gasteiger partial charge < -0.3 is 22.1 Å². The number of carbonyl (C=O) groups is 2. The monoisotopic (exact) mass is 393 g/mol. The van der Waals surface area contributed by atoms with Crippen LogP contribution in [0.4, 0.5) is 21.7 Å². The van der Waals surface area contributed by atoms with Crippen LogP contribution < -0.4 is 22.1 Å². The highest BCUT2D eigenvalue weighted by atomic mass is 35.5. The van der Waals surface area contributed by atoms with Gasteiger partial charge in [-0.1, -0.05) is 25.4 Å². The fourth-order valence-electron chi connectivity index (χ4n) is 2.43. The van der Waals surface area contributed by atoms with Gasteiger partial charge in [0, 0.05) is 10.7 Å². The summed E-state index contributed by atoms with van der Waals surface area (Å²) in [6.07, 6.45) is 0.397. The Hall–Kier alpha value is -2.87. The van der Waals surface area contributed by atoms with Crippen LogP contribution in [0.2, 0.25) is 5.02 Å². The minimum atomic E-state index is -0.849. The summed E-state index contributed by atoms with van der Waals surface area (Å²) in [7, 11) is 0. The minimum Gasteiger partial charge on any atom is -0.368 e. The molecule has 7 nitrogen and oxygen atoms in total. The van der Waals surface area contributed by atoms with Crippen LogP contribution in [0.1, 0.15) is 30.6 Å². The Bertz CT molecular complexity index is 842. The number of primary amides is 2. The molecule has 1 heterocycles. The summed E-state index contributed by atoms with van der Waals surface area (Å²) >= 11 is 5.85. The lowest BCUT2D eigenvalue weighted by molar-refractivity contribution is -0.119. The van der Waals surface area contributed by atoms with E-state index in [0.717, 1.165) is 6.07 Å². The molecule has 0 fully saturated rings. The molecule has 0 unspecified atom stereocenters. The van der Waals surface area contributed by atoms with Crippen LogP contribution in [0, 0.1) is 11.7 Å². The molecular formula is C18H21ClFN5O2. The number of nitrogens with one attached hydrogen (secondary N) is 2.